The van der Waals surface area contributed by atoms with E-state index >= 15 is 0 Å². The van der Waals surface area contributed by atoms with Crippen LogP contribution >= 0.6 is 11.3 Å². The number of thiophene rings is 1. The van der Waals surface area contributed by atoms with Gasteiger partial charge in [-0.2, -0.15) is 0 Å². The fourth-order valence-electron chi connectivity index (χ4n) is 1.98. The summed E-state index contributed by atoms with van der Waals surface area (Å²) in [5.74, 6) is 1.20. The Labute approximate surface area is 126 Å². The van der Waals surface area contributed by atoms with Crippen molar-refractivity contribution in [2.24, 2.45) is 10.7 Å². The van der Waals surface area contributed by atoms with Gasteiger partial charge in [0.25, 0.3) is 0 Å². The fourth-order valence-corrected chi connectivity index (χ4v) is 2.69. The lowest BCUT2D eigenvalue weighted by Crippen LogP contribution is -2.33. The molecule has 0 radical (unpaired) electrons. The van der Waals surface area contributed by atoms with E-state index in [1.165, 1.54) is 4.88 Å². The van der Waals surface area contributed by atoms with Crippen LogP contribution in [0, 0.1) is 0 Å². The lowest BCUT2D eigenvalue weighted by atomic mass is 10.3. The summed E-state index contributed by atoms with van der Waals surface area (Å²) in [6.07, 6.45) is 2.86. The zero-order valence-electron chi connectivity index (χ0n) is 11.4. The molecule has 0 fully saturated rings. The van der Waals surface area contributed by atoms with Crippen LogP contribution in [-0.4, -0.2) is 27.1 Å². The number of rotatable bonds is 5. The van der Waals surface area contributed by atoms with Crippen LogP contribution in [0.25, 0.3) is 5.65 Å². The first-order valence-corrected chi connectivity index (χ1v) is 7.56. The minimum Gasteiger partial charge on any atom is -0.370 e. The number of aromatic nitrogens is 3. The van der Waals surface area contributed by atoms with E-state index in [-0.39, 0.29) is 0 Å². The second-order valence-electron chi connectivity index (χ2n) is 4.50. The Balaban J connectivity index is 1.55. The number of guanidine groups is 1. The van der Waals surface area contributed by atoms with Gasteiger partial charge in [-0.05, 0) is 30.0 Å². The van der Waals surface area contributed by atoms with Crippen molar-refractivity contribution in [1.82, 2.24) is 19.9 Å². The first-order valence-electron chi connectivity index (χ1n) is 6.68. The predicted octanol–water partition coefficient (Wildman–Crippen LogP) is 1.44. The summed E-state index contributed by atoms with van der Waals surface area (Å²) in [7, 11) is 0. The second kappa shape index (κ2) is 6.36. The molecule has 0 aliphatic heterocycles. The molecule has 3 rings (SSSR count). The van der Waals surface area contributed by atoms with Gasteiger partial charge >= 0.3 is 0 Å². The van der Waals surface area contributed by atoms with E-state index in [0.29, 0.717) is 12.5 Å². The molecule has 0 saturated carbocycles. The van der Waals surface area contributed by atoms with E-state index in [1.54, 1.807) is 11.3 Å². The molecule has 0 saturated heterocycles. The van der Waals surface area contributed by atoms with Crippen molar-refractivity contribution >= 4 is 22.9 Å². The third-order valence-corrected chi connectivity index (χ3v) is 3.97. The second-order valence-corrected chi connectivity index (χ2v) is 5.53. The van der Waals surface area contributed by atoms with Crippen molar-refractivity contribution in [1.29, 1.82) is 0 Å². The molecule has 3 aromatic rings. The van der Waals surface area contributed by atoms with Crippen LogP contribution in [0.1, 0.15) is 10.7 Å². The highest BCUT2D eigenvalue weighted by molar-refractivity contribution is 7.09. The van der Waals surface area contributed by atoms with Crippen LogP contribution in [-0.2, 0) is 13.0 Å². The lowest BCUT2D eigenvalue weighted by molar-refractivity contribution is 0.835. The minimum atomic E-state index is 0.406. The molecule has 3 heterocycles. The molecule has 0 aliphatic rings. The molecule has 0 unspecified atom stereocenters. The maximum Gasteiger partial charge on any atom is 0.189 e. The minimum absolute atomic E-state index is 0.406. The summed E-state index contributed by atoms with van der Waals surface area (Å²) in [5, 5.41) is 13.4. The zero-order chi connectivity index (χ0) is 14.5. The van der Waals surface area contributed by atoms with E-state index in [2.05, 4.69) is 32.0 Å². The first-order chi connectivity index (χ1) is 10.3. The van der Waals surface area contributed by atoms with Crippen LogP contribution in [0.2, 0.25) is 0 Å². The summed E-state index contributed by atoms with van der Waals surface area (Å²) in [6, 6.07) is 9.93. The van der Waals surface area contributed by atoms with Gasteiger partial charge in [-0.25, -0.2) is 4.99 Å². The third-order valence-electron chi connectivity index (χ3n) is 3.03. The molecular weight excluding hydrogens is 284 g/mol. The van der Waals surface area contributed by atoms with Crippen LogP contribution in [0.4, 0.5) is 0 Å². The van der Waals surface area contributed by atoms with Gasteiger partial charge in [0.15, 0.2) is 17.4 Å². The Morgan fingerprint density at radius 1 is 1.29 bits per heavy atom. The quantitative estimate of drug-likeness (QED) is 0.552. The van der Waals surface area contributed by atoms with Crippen LogP contribution in [0.5, 0.6) is 0 Å². The lowest BCUT2D eigenvalue weighted by Gasteiger charge is -2.04. The molecule has 7 heteroatoms. The van der Waals surface area contributed by atoms with Gasteiger partial charge in [-0.3, -0.25) is 4.40 Å². The number of nitrogens with one attached hydrogen (secondary N) is 1. The summed E-state index contributed by atoms with van der Waals surface area (Å²) < 4.78 is 1.91. The highest BCUT2D eigenvalue weighted by atomic mass is 32.1. The molecule has 0 amide bonds. The molecule has 108 valence electrons. The van der Waals surface area contributed by atoms with Crippen molar-refractivity contribution in [3.05, 3.63) is 52.6 Å². The SMILES string of the molecule is NC(=NCc1nnc2ccccn12)NCCc1cccs1. The normalized spacial score (nSPS) is 11.9. The standard InChI is InChI=1S/C14H16N6S/c15-14(16-7-6-11-4-3-9-21-11)17-10-13-19-18-12-5-1-2-8-20(12)13/h1-5,8-9H,6-7,10H2,(H3,15,16,17). The molecule has 0 aromatic carbocycles. The Hall–Kier alpha value is -2.41. The topological polar surface area (TPSA) is 80.6 Å². The highest BCUT2D eigenvalue weighted by Crippen LogP contribution is 2.08. The van der Waals surface area contributed by atoms with Gasteiger partial charge in [0.1, 0.15) is 6.54 Å². The van der Waals surface area contributed by atoms with Crippen molar-refractivity contribution in [2.75, 3.05) is 6.54 Å². The van der Waals surface area contributed by atoms with Gasteiger partial charge in [0.05, 0.1) is 0 Å². The number of nitrogens with two attached hydrogens (primary N) is 1. The van der Waals surface area contributed by atoms with E-state index in [0.717, 1.165) is 24.4 Å². The zero-order valence-corrected chi connectivity index (χ0v) is 12.3. The maximum absolute atomic E-state index is 5.86. The van der Waals surface area contributed by atoms with Crippen molar-refractivity contribution in [2.45, 2.75) is 13.0 Å². The monoisotopic (exact) mass is 300 g/mol. The van der Waals surface area contributed by atoms with Crippen molar-refractivity contribution < 1.29 is 0 Å². The van der Waals surface area contributed by atoms with Gasteiger partial charge in [0.2, 0.25) is 0 Å². The van der Waals surface area contributed by atoms with Crippen molar-refractivity contribution in [3.63, 3.8) is 0 Å². The van der Waals surface area contributed by atoms with Crippen LogP contribution in [0.15, 0.2) is 46.9 Å². The smallest absolute Gasteiger partial charge is 0.189 e. The average Bonchev–Trinajstić information content (AvgIpc) is 3.14. The van der Waals surface area contributed by atoms with Crippen molar-refractivity contribution in [3.8, 4) is 0 Å². The summed E-state index contributed by atoms with van der Waals surface area (Å²) in [4.78, 5) is 5.63. The van der Waals surface area contributed by atoms with E-state index in [1.807, 2.05) is 34.9 Å². The maximum atomic E-state index is 5.86. The van der Waals surface area contributed by atoms with Gasteiger partial charge in [-0.15, -0.1) is 21.5 Å². The number of pyridine rings is 1. The number of hydrogen-bond donors (Lipinski definition) is 2. The molecule has 0 spiro atoms. The highest BCUT2D eigenvalue weighted by Gasteiger charge is 2.03. The largest absolute Gasteiger partial charge is 0.370 e. The summed E-state index contributed by atoms with van der Waals surface area (Å²) in [6.45, 7) is 1.18. The number of hydrogen-bond acceptors (Lipinski definition) is 4. The fraction of sp³-hybridized carbons (Fsp3) is 0.214. The number of aliphatic imine (C=N–C) groups is 1. The van der Waals surface area contributed by atoms with E-state index < -0.39 is 0 Å². The Morgan fingerprint density at radius 3 is 3.10 bits per heavy atom. The molecule has 3 aromatic heterocycles. The number of nitrogens with zero attached hydrogens (tertiary/aromatic N) is 4. The molecule has 6 nitrogen and oxygen atoms in total. The Kier molecular flexibility index (Phi) is 4.11. The molecule has 0 bridgehead atoms. The third kappa shape index (κ3) is 3.38. The van der Waals surface area contributed by atoms with Gasteiger partial charge in [-0.1, -0.05) is 12.1 Å². The van der Waals surface area contributed by atoms with E-state index in [4.69, 9.17) is 5.73 Å². The summed E-state index contributed by atoms with van der Waals surface area (Å²) >= 11 is 1.75. The molecule has 3 N–H and O–H groups in total. The average molecular weight is 300 g/mol. The van der Waals surface area contributed by atoms with Crippen LogP contribution in [0.3, 0.4) is 0 Å². The summed E-state index contributed by atoms with van der Waals surface area (Å²) in [5.41, 5.74) is 6.67. The number of fused-ring (bicyclic) bond motifs is 1. The predicted molar refractivity (Wildman–Crippen MR) is 84.3 cm³/mol. The van der Waals surface area contributed by atoms with Crippen LogP contribution < -0.4 is 11.1 Å². The molecule has 0 atom stereocenters. The molecule has 0 aliphatic carbocycles. The van der Waals surface area contributed by atoms with Gasteiger partial charge in [0, 0.05) is 17.6 Å². The first kappa shape index (κ1) is 13.6. The van der Waals surface area contributed by atoms with Gasteiger partial charge < -0.3 is 11.1 Å². The molecule has 21 heavy (non-hydrogen) atoms. The Bertz CT molecular complexity index is 731. The molecular formula is C14H16N6S. The van der Waals surface area contributed by atoms with E-state index in [9.17, 15) is 0 Å². The Morgan fingerprint density at radius 2 is 2.24 bits per heavy atom.